The maximum Gasteiger partial charge on any atom is 0.303 e. The molecule has 1 amide bonds. The van der Waals surface area contributed by atoms with Crippen LogP contribution in [0, 0.1) is 5.41 Å². The van der Waals surface area contributed by atoms with Gasteiger partial charge in [0.2, 0.25) is 5.91 Å². The second-order valence-electron chi connectivity index (χ2n) is 5.61. The number of rotatable bonds is 7. The van der Waals surface area contributed by atoms with Crippen molar-refractivity contribution in [1.29, 1.82) is 0 Å². The lowest BCUT2D eigenvalue weighted by atomic mass is 9.85. The van der Waals surface area contributed by atoms with E-state index in [1.807, 2.05) is 19.2 Å². The van der Waals surface area contributed by atoms with E-state index in [0.717, 1.165) is 0 Å². The molecule has 0 spiro atoms. The maximum absolute atomic E-state index is 11.8. The molecule has 1 aromatic heterocycles. The highest BCUT2D eigenvalue weighted by Gasteiger charge is 2.25. The summed E-state index contributed by atoms with van der Waals surface area (Å²) in [6, 6.07) is 1.78. The maximum atomic E-state index is 11.8. The summed E-state index contributed by atoms with van der Waals surface area (Å²) in [6.07, 6.45) is 3.69. The van der Waals surface area contributed by atoms with E-state index in [1.165, 1.54) is 0 Å². The number of amides is 1. The van der Waals surface area contributed by atoms with Gasteiger partial charge in [0.1, 0.15) is 0 Å². The molecule has 1 rings (SSSR count). The average molecular weight is 267 g/mol. The molecule has 0 aliphatic heterocycles. The van der Waals surface area contributed by atoms with Gasteiger partial charge in [0.15, 0.2) is 0 Å². The predicted octanol–water partition coefficient (Wildman–Crippen LogP) is 1.28. The minimum absolute atomic E-state index is 0.0199. The molecule has 2 N–H and O–H groups in total. The Hall–Kier alpha value is -1.85. The number of carboxylic acids is 1. The van der Waals surface area contributed by atoms with Gasteiger partial charge >= 0.3 is 5.97 Å². The highest BCUT2D eigenvalue weighted by atomic mass is 16.4. The summed E-state index contributed by atoms with van der Waals surface area (Å²) >= 11 is 0. The van der Waals surface area contributed by atoms with Gasteiger partial charge in [-0.15, -0.1) is 0 Å². The second kappa shape index (κ2) is 6.36. The first-order valence-electron chi connectivity index (χ1n) is 6.27. The Morgan fingerprint density at radius 2 is 2.11 bits per heavy atom. The molecule has 0 aromatic carbocycles. The van der Waals surface area contributed by atoms with E-state index < -0.39 is 11.4 Å². The van der Waals surface area contributed by atoms with Crippen molar-refractivity contribution in [1.82, 2.24) is 15.1 Å². The molecule has 6 heteroatoms. The number of hydrogen-bond donors (Lipinski definition) is 2. The van der Waals surface area contributed by atoms with Gasteiger partial charge in [0.25, 0.3) is 0 Å². The van der Waals surface area contributed by atoms with Crippen molar-refractivity contribution in [2.24, 2.45) is 5.41 Å². The number of aromatic nitrogens is 2. The molecule has 1 heterocycles. The molecule has 0 bridgehead atoms. The lowest BCUT2D eigenvalue weighted by molar-refractivity contribution is -0.139. The molecular weight excluding hydrogens is 246 g/mol. The molecule has 106 valence electrons. The summed E-state index contributed by atoms with van der Waals surface area (Å²) in [5.41, 5.74) is -0.540. The summed E-state index contributed by atoms with van der Waals surface area (Å²) in [6.45, 7) is 6.04. The van der Waals surface area contributed by atoms with Gasteiger partial charge in [0, 0.05) is 24.9 Å². The van der Waals surface area contributed by atoms with Gasteiger partial charge < -0.3 is 10.4 Å². The number of carboxylic acid groups (broad SMARTS) is 1. The number of hydrogen-bond acceptors (Lipinski definition) is 3. The van der Waals surface area contributed by atoms with Crippen molar-refractivity contribution in [3.05, 3.63) is 18.5 Å². The molecule has 6 nitrogen and oxygen atoms in total. The predicted molar refractivity (Wildman–Crippen MR) is 70.5 cm³/mol. The zero-order valence-electron chi connectivity index (χ0n) is 11.6. The van der Waals surface area contributed by atoms with Crippen LogP contribution in [-0.4, -0.2) is 32.8 Å². The Morgan fingerprint density at radius 1 is 1.42 bits per heavy atom. The van der Waals surface area contributed by atoms with Gasteiger partial charge in [-0.25, -0.2) is 0 Å². The van der Waals surface area contributed by atoms with Gasteiger partial charge in [-0.05, 0) is 18.4 Å². The Morgan fingerprint density at radius 3 is 2.63 bits per heavy atom. The molecule has 0 saturated heterocycles. The first kappa shape index (κ1) is 15.2. The van der Waals surface area contributed by atoms with E-state index in [2.05, 4.69) is 10.4 Å². The number of carbonyl (C=O) groups excluding carboxylic acids is 1. The average Bonchev–Trinajstić information content (AvgIpc) is 2.65. The molecule has 0 radical (unpaired) electrons. The molecule has 1 atom stereocenters. The quantitative estimate of drug-likeness (QED) is 0.779. The minimum atomic E-state index is -0.887. The summed E-state index contributed by atoms with van der Waals surface area (Å²) in [7, 11) is 0. The fraction of sp³-hybridized carbons (Fsp3) is 0.615. The van der Waals surface area contributed by atoms with Crippen LogP contribution in [0.3, 0.4) is 0 Å². The van der Waals surface area contributed by atoms with E-state index in [-0.39, 0.29) is 24.8 Å². The van der Waals surface area contributed by atoms with Crippen molar-refractivity contribution >= 4 is 11.9 Å². The molecular formula is C13H21N3O3. The largest absolute Gasteiger partial charge is 0.481 e. The summed E-state index contributed by atoms with van der Waals surface area (Å²) in [4.78, 5) is 22.5. The number of nitrogens with one attached hydrogen (secondary N) is 1. The molecule has 1 unspecified atom stereocenters. The highest BCUT2D eigenvalue weighted by Crippen LogP contribution is 2.24. The standard InChI is InChI=1S/C13H21N3O3/c1-10(9-16-6-4-5-14-16)15-11(17)7-13(2,3)8-12(18)19/h4-6,10H,7-9H2,1-3H3,(H,15,17)(H,18,19). The van der Waals surface area contributed by atoms with E-state index in [0.29, 0.717) is 6.54 Å². The van der Waals surface area contributed by atoms with Crippen LogP contribution in [0.4, 0.5) is 0 Å². The number of carbonyl (C=O) groups is 2. The Kier molecular flexibility index (Phi) is 5.09. The molecule has 0 aliphatic carbocycles. The van der Waals surface area contributed by atoms with Gasteiger partial charge in [0.05, 0.1) is 13.0 Å². The normalized spacial score (nSPS) is 13.0. The molecule has 1 aromatic rings. The summed E-state index contributed by atoms with van der Waals surface area (Å²) in [5, 5.41) is 15.7. The minimum Gasteiger partial charge on any atom is -0.481 e. The van der Waals surface area contributed by atoms with Gasteiger partial charge in [-0.2, -0.15) is 5.10 Å². The van der Waals surface area contributed by atoms with Crippen LogP contribution >= 0.6 is 0 Å². The fourth-order valence-corrected chi connectivity index (χ4v) is 1.97. The van der Waals surface area contributed by atoms with Crippen LogP contribution in [0.5, 0.6) is 0 Å². The summed E-state index contributed by atoms with van der Waals surface area (Å²) in [5.74, 6) is -1.02. The van der Waals surface area contributed by atoms with Crippen molar-refractivity contribution in [3.8, 4) is 0 Å². The molecule has 19 heavy (non-hydrogen) atoms. The fourth-order valence-electron chi connectivity index (χ4n) is 1.97. The van der Waals surface area contributed by atoms with Crippen molar-refractivity contribution in [2.75, 3.05) is 0 Å². The molecule has 0 aliphatic rings. The zero-order chi connectivity index (χ0) is 14.5. The van der Waals surface area contributed by atoms with Crippen molar-refractivity contribution < 1.29 is 14.7 Å². The van der Waals surface area contributed by atoms with Crippen LogP contribution in [0.25, 0.3) is 0 Å². The molecule has 0 saturated carbocycles. The lowest BCUT2D eigenvalue weighted by Crippen LogP contribution is -2.38. The SMILES string of the molecule is CC(Cn1cccn1)NC(=O)CC(C)(C)CC(=O)O. The lowest BCUT2D eigenvalue weighted by Gasteiger charge is -2.23. The third-order valence-electron chi connectivity index (χ3n) is 2.70. The Labute approximate surface area is 112 Å². The third kappa shape index (κ3) is 6.03. The molecule has 0 fully saturated rings. The van der Waals surface area contributed by atoms with E-state index in [1.54, 1.807) is 24.7 Å². The van der Waals surface area contributed by atoms with Gasteiger partial charge in [-0.3, -0.25) is 14.3 Å². The number of aliphatic carboxylic acids is 1. The van der Waals surface area contributed by atoms with Crippen LogP contribution < -0.4 is 5.32 Å². The van der Waals surface area contributed by atoms with Crippen LogP contribution in [0.1, 0.15) is 33.6 Å². The Balaban J connectivity index is 2.40. The van der Waals surface area contributed by atoms with E-state index in [9.17, 15) is 9.59 Å². The zero-order valence-corrected chi connectivity index (χ0v) is 11.6. The van der Waals surface area contributed by atoms with Crippen LogP contribution in [0.2, 0.25) is 0 Å². The van der Waals surface area contributed by atoms with Crippen molar-refractivity contribution in [3.63, 3.8) is 0 Å². The number of nitrogens with zero attached hydrogens (tertiary/aromatic N) is 2. The Bertz CT molecular complexity index is 426. The second-order valence-corrected chi connectivity index (χ2v) is 5.61. The summed E-state index contributed by atoms with van der Waals surface area (Å²) < 4.78 is 1.74. The van der Waals surface area contributed by atoms with Crippen molar-refractivity contribution in [2.45, 2.75) is 46.2 Å². The topological polar surface area (TPSA) is 84.2 Å². The monoisotopic (exact) mass is 267 g/mol. The van der Waals surface area contributed by atoms with Gasteiger partial charge in [-0.1, -0.05) is 13.8 Å². The van der Waals surface area contributed by atoms with Crippen LogP contribution in [0.15, 0.2) is 18.5 Å². The van der Waals surface area contributed by atoms with Crippen LogP contribution in [-0.2, 0) is 16.1 Å². The smallest absolute Gasteiger partial charge is 0.303 e. The van der Waals surface area contributed by atoms with E-state index >= 15 is 0 Å². The highest BCUT2D eigenvalue weighted by molar-refractivity contribution is 5.78. The first-order valence-corrected chi connectivity index (χ1v) is 6.27. The van der Waals surface area contributed by atoms with E-state index in [4.69, 9.17) is 5.11 Å². The first-order chi connectivity index (χ1) is 8.78. The third-order valence-corrected chi connectivity index (χ3v) is 2.70.